The summed E-state index contributed by atoms with van der Waals surface area (Å²) in [4.78, 5) is 14.0. The van der Waals surface area contributed by atoms with Crippen molar-refractivity contribution >= 4 is 23.2 Å². The number of furan rings is 1. The minimum atomic E-state index is -0.861. The quantitative estimate of drug-likeness (QED) is 0.873. The van der Waals surface area contributed by atoms with Crippen LogP contribution in [0.15, 0.2) is 41.0 Å². The SMILES string of the molecule is O=C(CN1CCOc2ccc(Cl)cc21)NCC(O)c1ccco1. The molecule has 3 rings (SSSR count). The number of anilines is 1. The van der Waals surface area contributed by atoms with E-state index in [1.165, 1.54) is 6.26 Å². The molecule has 1 aliphatic heterocycles. The fourth-order valence-corrected chi connectivity index (χ4v) is 2.60. The van der Waals surface area contributed by atoms with E-state index in [0.717, 1.165) is 5.69 Å². The average molecular weight is 337 g/mol. The third-order valence-electron chi connectivity index (χ3n) is 3.58. The number of benzene rings is 1. The zero-order valence-electron chi connectivity index (χ0n) is 12.4. The lowest BCUT2D eigenvalue weighted by atomic mass is 10.2. The summed E-state index contributed by atoms with van der Waals surface area (Å²) in [7, 11) is 0. The lowest BCUT2D eigenvalue weighted by Crippen LogP contribution is -2.42. The molecular formula is C16H17ClN2O4. The molecule has 7 heteroatoms. The molecule has 1 aromatic heterocycles. The number of fused-ring (bicyclic) bond motifs is 1. The highest BCUT2D eigenvalue weighted by Crippen LogP contribution is 2.33. The van der Waals surface area contributed by atoms with E-state index in [2.05, 4.69) is 5.32 Å². The van der Waals surface area contributed by atoms with Gasteiger partial charge in [0.05, 0.1) is 31.6 Å². The number of nitrogens with one attached hydrogen (secondary N) is 1. The van der Waals surface area contributed by atoms with Crippen LogP contribution in [0.2, 0.25) is 5.02 Å². The van der Waals surface area contributed by atoms with Crippen LogP contribution >= 0.6 is 11.6 Å². The van der Waals surface area contributed by atoms with Crippen LogP contribution in [0.1, 0.15) is 11.9 Å². The van der Waals surface area contributed by atoms with E-state index in [-0.39, 0.29) is 19.0 Å². The molecule has 1 aliphatic rings. The van der Waals surface area contributed by atoms with Gasteiger partial charge in [0.15, 0.2) is 0 Å². The molecule has 0 aliphatic carbocycles. The van der Waals surface area contributed by atoms with E-state index in [1.54, 1.807) is 30.3 Å². The van der Waals surface area contributed by atoms with Crippen LogP contribution in [0.5, 0.6) is 5.75 Å². The molecule has 2 N–H and O–H groups in total. The Balaban J connectivity index is 1.58. The molecule has 0 bridgehead atoms. The van der Waals surface area contributed by atoms with Gasteiger partial charge in [-0.25, -0.2) is 0 Å². The van der Waals surface area contributed by atoms with Crippen LogP contribution in [0.4, 0.5) is 5.69 Å². The highest BCUT2D eigenvalue weighted by molar-refractivity contribution is 6.31. The van der Waals surface area contributed by atoms with Gasteiger partial charge in [0.1, 0.15) is 24.2 Å². The number of hydrogen-bond acceptors (Lipinski definition) is 5. The van der Waals surface area contributed by atoms with Gasteiger partial charge >= 0.3 is 0 Å². The first kappa shape index (κ1) is 15.7. The van der Waals surface area contributed by atoms with Crippen LogP contribution in [0, 0.1) is 0 Å². The average Bonchev–Trinajstić information content (AvgIpc) is 3.08. The molecule has 23 heavy (non-hydrogen) atoms. The van der Waals surface area contributed by atoms with Crippen molar-refractivity contribution in [1.29, 1.82) is 0 Å². The van der Waals surface area contributed by atoms with E-state index in [0.29, 0.717) is 29.7 Å². The molecule has 0 saturated carbocycles. The minimum absolute atomic E-state index is 0.0963. The first-order chi connectivity index (χ1) is 11.1. The van der Waals surface area contributed by atoms with Gasteiger partial charge < -0.3 is 24.5 Å². The summed E-state index contributed by atoms with van der Waals surface area (Å²) >= 11 is 6.01. The van der Waals surface area contributed by atoms with Crippen molar-refractivity contribution in [2.24, 2.45) is 0 Å². The molecule has 2 heterocycles. The van der Waals surface area contributed by atoms with Gasteiger partial charge in [0.2, 0.25) is 5.91 Å². The third-order valence-corrected chi connectivity index (χ3v) is 3.81. The summed E-state index contributed by atoms with van der Waals surface area (Å²) in [5.41, 5.74) is 0.797. The molecule has 2 aromatic rings. The first-order valence-corrected chi connectivity index (χ1v) is 7.67. The van der Waals surface area contributed by atoms with E-state index >= 15 is 0 Å². The second-order valence-electron chi connectivity index (χ2n) is 5.22. The lowest BCUT2D eigenvalue weighted by molar-refractivity contribution is -0.120. The van der Waals surface area contributed by atoms with Crippen LogP contribution in [0.25, 0.3) is 0 Å². The molecule has 0 spiro atoms. The summed E-state index contributed by atoms with van der Waals surface area (Å²) in [5, 5.41) is 13.2. The number of carbonyl (C=O) groups is 1. The molecule has 1 aromatic carbocycles. The predicted octanol–water partition coefficient (Wildman–Crippen LogP) is 1.98. The Morgan fingerprint density at radius 3 is 3.09 bits per heavy atom. The number of amides is 1. The molecule has 0 fully saturated rings. The Kier molecular flexibility index (Phi) is 4.73. The van der Waals surface area contributed by atoms with Gasteiger partial charge in [0.25, 0.3) is 0 Å². The molecule has 1 unspecified atom stereocenters. The molecule has 1 amide bonds. The molecular weight excluding hydrogens is 320 g/mol. The fraction of sp³-hybridized carbons (Fsp3) is 0.312. The van der Waals surface area contributed by atoms with Gasteiger partial charge in [-0.05, 0) is 30.3 Å². The smallest absolute Gasteiger partial charge is 0.239 e. The molecule has 122 valence electrons. The highest BCUT2D eigenvalue weighted by atomic mass is 35.5. The van der Waals surface area contributed by atoms with Crippen LogP contribution in [-0.4, -0.2) is 37.3 Å². The molecule has 0 radical (unpaired) electrons. The molecule has 1 atom stereocenters. The number of aliphatic hydroxyl groups excluding tert-OH is 1. The predicted molar refractivity (Wildman–Crippen MR) is 85.8 cm³/mol. The van der Waals surface area contributed by atoms with Gasteiger partial charge in [0, 0.05) is 5.02 Å². The zero-order valence-corrected chi connectivity index (χ0v) is 13.1. The van der Waals surface area contributed by atoms with Crippen molar-refractivity contribution in [2.45, 2.75) is 6.10 Å². The van der Waals surface area contributed by atoms with Crippen molar-refractivity contribution in [3.8, 4) is 5.75 Å². The summed E-state index contributed by atoms with van der Waals surface area (Å²) in [6, 6.07) is 8.68. The van der Waals surface area contributed by atoms with Gasteiger partial charge in [-0.15, -0.1) is 0 Å². The Morgan fingerprint density at radius 2 is 2.30 bits per heavy atom. The monoisotopic (exact) mass is 336 g/mol. The van der Waals surface area contributed by atoms with E-state index in [9.17, 15) is 9.90 Å². The fourth-order valence-electron chi connectivity index (χ4n) is 2.43. The second-order valence-corrected chi connectivity index (χ2v) is 5.65. The van der Waals surface area contributed by atoms with Crippen LogP contribution in [-0.2, 0) is 4.79 Å². The van der Waals surface area contributed by atoms with Crippen LogP contribution in [0.3, 0.4) is 0 Å². The Hall–Kier alpha value is -2.18. The van der Waals surface area contributed by atoms with Crippen molar-refractivity contribution in [3.05, 3.63) is 47.4 Å². The molecule has 0 saturated heterocycles. The topological polar surface area (TPSA) is 74.9 Å². The summed E-state index contributed by atoms with van der Waals surface area (Å²) in [5.74, 6) is 0.946. The summed E-state index contributed by atoms with van der Waals surface area (Å²) in [6.07, 6.45) is 0.620. The first-order valence-electron chi connectivity index (χ1n) is 7.29. The molecule has 6 nitrogen and oxygen atoms in total. The second kappa shape index (κ2) is 6.93. The van der Waals surface area contributed by atoms with Crippen LogP contribution < -0.4 is 15.0 Å². The third kappa shape index (κ3) is 3.78. The van der Waals surface area contributed by atoms with E-state index in [4.69, 9.17) is 20.8 Å². The number of ether oxygens (including phenoxy) is 1. The lowest BCUT2D eigenvalue weighted by Gasteiger charge is -2.30. The maximum atomic E-state index is 12.1. The van der Waals surface area contributed by atoms with Crippen molar-refractivity contribution in [3.63, 3.8) is 0 Å². The maximum absolute atomic E-state index is 12.1. The number of aliphatic hydroxyl groups is 1. The van der Waals surface area contributed by atoms with Gasteiger partial charge in [-0.1, -0.05) is 11.6 Å². The maximum Gasteiger partial charge on any atom is 0.239 e. The summed E-state index contributed by atoms with van der Waals surface area (Å²) < 4.78 is 10.6. The van der Waals surface area contributed by atoms with Crippen molar-refractivity contribution < 1.29 is 19.1 Å². The Bertz CT molecular complexity index is 675. The van der Waals surface area contributed by atoms with E-state index < -0.39 is 6.10 Å². The number of carbonyl (C=O) groups excluding carboxylic acids is 1. The van der Waals surface area contributed by atoms with E-state index in [1.807, 2.05) is 4.90 Å². The summed E-state index contributed by atoms with van der Waals surface area (Å²) in [6.45, 7) is 1.37. The van der Waals surface area contributed by atoms with Crippen molar-refractivity contribution in [1.82, 2.24) is 5.32 Å². The Labute approximate surface area is 138 Å². The zero-order chi connectivity index (χ0) is 16.2. The largest absolute Gasteiger partial charge is 0.490 e. The number of halogens is 1. The Morgan fingerprint density at radius 1 is 1.43 bits per heavy atom. The van der Waals surface area contributed by atoms with Crippen molar-refractivity contribution in [2.75, 3.05) is 31.1 Å². The van der Waals surface area contributed by atoms with Gasteiger partial charge in [-0.2, -0.15) is 0 Å². The minimum Gasteiger partial charge on any atom is -0.490 e. The number of rotatable bonds is 5. The highest BCUT2D eigenvalue weighted by Gasteiger charge is 2.21. The number of nitrogens with zero attached hydrogens (tertiary/aromatic N) is 1. The standard InChI is InChI=1S/C16H17ClN2O4/c17-11-3-4-14-12(8-11)19(5-7-23-14)10-16(21)18-9-13(20)15-2-1-6-22-15/h1-4,6,8,13,20H,5,7,9-10H2,(H,18,21). The van der Waals surface area contributed by atoms with Gasteiger partial charge in [-0.3, -0.25) is 4.79 Å². The number of hydrogen-bond donors (Lipinski definition) is 2. The normalized spacial score (nSPS) is 14.8.